The van der Waals surface area contributed by atoms with Gasteiger partial charge in [0.1, 0.15) is 0 Å². The molecular formula is C15H29NO4. The molecule has 0 aliphatic carbocycles. The van der Waals surface area contributed by atoms with Crippen LogP contribution in [0.3, 0.4) is 0 Å². The quantitative estimate of drug-likeness (QED) is 0.605. The van der Waals surface area contributed by atoms with Crippen molar-refractivity contribution in [2.45, 2.75) is 47.5 Å². The minimum absolute atomic E-state index is 0.00794. The molecule has 2 N–H and O–H groups in total. The zero-order chi connectivity index (χ0) is 15.8. The van der Waals surface area contributed by atoms with E-state index in [2.05, 4.69) is 19.2 Å². The normalized spacial score (nSPS) is 14.3. The van der Waals surface area contributed by atoms with E-state index in [4.69, 9.17) is 4.74 Å². The molecule has 0 saturated heterocycles. The van der Waals surface area contributed by atoms with Crippen LogP contribution in [-0.2, 0) is 14.3 Å². The molecule has 5 heteroatoms. The molecule has 1 unspecified atom stereocenters. The third-order valence-corrected chi connectivity index (χ3v) is 3.70. The van der Waals surface area contributed by atoms with Gasteiger partial charge in [0.15, 0.2) is 0 Å². The zero-order valence-electron chi connectivity index (χ0n) is 13.4. The SMILES string of the molecule is CC(C)CCOCCNC(=O)CC(C)(C(=O)O)C(C)C. The Morgan fingerprint density at radius 3 is 2.25 bits per heavy atom. The van der Waals surface area contributed by atoms with Crippen LogP contribution in [0.4, 0.5) is 0 Å². The highest BCUT2D eigenvalue weighted by atomic mass is 16.5. The second-order valence-corrected chi connectivity index (χ2v) is 6.20. The summed E-state index contributed by atoms with van der Waals surface area (Å²) in [6.07, 6.45) is 0.990. The van der Waals surface area contributed by atoms with Crippen molar-refractivity contribution in [3.8, 4) is 0 Å². The van der Waals surface area contributed by atoms with E-state index >= 15 is 0 Å². The number of nitrogens with one attached hydrogen (secondary N) is 1. The Labute approximate surface area is 122 Å². The molecule has 118 valence electrons. The van der Waals surface area contributed by atoms with Crippen LogP contribution in [0.2, 0.25) is 0 Å². The highest BCUT2D eigenvalue weighted by Gasteiger charge is 2.38. The number of carboxylic acids is 1. The molecule has 0 aromatic carbocycles. The van der Waals surface area contributed by atoms with E-state index in [0.717, 1.165) is 6.42 Å². The van der Waals surface area contributed by atoms with E-state index < -0.39 is 11.4 Å². The number of rotatable bonds is 10. The Hall–Kier alpha value is -1.10. The molecule has 0 aliphatic heterocycles. The van der Waals surface area contributed by atoms with E-state index in [-0.39, 0.29) is 18.2 Å². The van der Waals surface area contributed by atoms with E-state index in [9.17, 15) is 14.7 Å². The van der Waals surface area contributed by atoms with Crippen LogP contribution in [0.1, 0.15) is 47.5 Å². The van der Waals surface area contributed by atoms with Gasteiger partial charge in [0.25, 0.3) is 0 Å². The van der Waals surface area contributed by atoms with Gasteiger partial charge >= 0.3 is 5.97 Å². The zero-order valence-corrected chi connectivity index (χ0v) is 13.4. The van der Waals surface area contributed by atoms with E-state index in [0.29, 0.717) is 25.7 Å². The molecule has 0 bridgehead atoms. The number of carbonyl (C=O) groups is 2. The molecule has 1 amide bonds. The van der Waals surface area contributed by atoms with E-state index in [1.807, 2.05) is 13.8 Å². The first-order chi connectivity index (χ1) is 9.20. The van der Waals surface area contributed by atoms with E-state index in [1.165, 1.54) is 0 Å². The van der Waals surface area contributed by atoms with E-state index in [1.54, 1.807) is 6.92 Å². The summed E-state index contributed by atoms with van der Waals surface area (Å²) in [4.78, 5) is 23.1. The Balaban J connectivity index is 3.96. The minimum atomic E-state index is -1.03. The number of hydrogen-bond acceptors (Lipinski definition) is 3. The minimum Gasteiger partial charge on any atom is -0.481 e. The Kier molecular flexibility index (Phi) is 8.46. The number of hydrogen-bond donors (Lipinski definition) is 2. The van der Waals surface area contributed by atoms with Gasteiger partial charge in [-0.05, 0) is 25.2 Å². The molecule has 0 aromatic heterocycles. The van der Waals surface area contributed by atoms with Gasteiger partial charge in [-0.25, -0.2) is 0 Å². The van der Waals surface area contributed by atoms with Crippen molar-refractivity contribution < 1.29 is 19.4 Å². The summed E-state index contributed by atoms with van der Waals surface area (Å²) < 4.78 is 5.39. The van der Waals surface area contributed by atoms with Gasteiger partial charge in [-0.1, -0.05) is 27.7 Å². The maximum absolute atomic E-state index is 11.8. The average Bonchev–Trinajstić information content (AvgIpc) is 2.32. The second kappa shape index (κ2) is 8.95. The monoisotopic (exact) mass is 287 g/mol. The topological polar surface area (TPSA) is 75.6 Å². The molecule has 0 saturated carbocycles. The summed E-state index contributed by atoms with van der Waals surface area (Å²) in [7, 11) is 0. The maximum atomic E-state index is 11.8. The predicted octanol–water partition coefficient (Wildman–Crippen LogP) is 2.30. The lowest BCUT2D eigenvalue weighted by Gasteiger charge is -2.28. The number of ether oxygens (including phenoxy) is 1. The molecule has 20 heavy (non-hydrogen) atoms. The Bertz CT molecular complexity index is 315. The lowest BCUT2D eigenvalue weighted by atomic mass is 9.76. The fraction of sp³-hybridized carbons (Fsp3) is 0.867. The molecule has 0 radical (unpaired) electrons. The maximum Gasteiger partial charge on any atom is 0.310 e. The molecule has 0 heterocycles. The third-order valence-electron chi connectivity index (χ3n) is 3.70. The number of carboxylic acid groups (broad SMARTS) is 1. The van der Waals surface area contributed by atoms with Crippen LogP contribution in [0, 0.1) is 17.3 Å². The fourth-order valence-corrected chi connectivity index (χ4v) is 1.61. The summed E-state index contributed by atoms with van der Waals surface area (Å²) in [5, 5.41) is 11.9. The third kappa shape index (κ3) is 6.89. The lowest BCUT2D eigenvalue weighted by molar-refractivity contribution is -0.153. The Morgan fingerprint density at radius 2 is 1.80 bits per heavy atom. The van der Waals surface area contributed by atoms with Crippen molar-refractivity contribution in [1.82, 2.24) is 5.32 Å². The molecular weight excluding hydrogens is 258 g/mol. The molecule has 1 atom stereocenters. The van der Waals surface area contributed by atoms with Crippen LogP contribution in [-0.4, -0.2) is 36.7 Å². The highest BCUT2D eigenvalue weighted by molar-refractivity contribution is 5.84. The second-order valence-electron chi connectivity index (χ2n) is 6.20. The number of carbonyl (C=O) groups excluding carboxylic acids is 1. The summed E-state index contributed by atoms with van der Waals surface area (Å²) >= 11 is 0. The van der Waals surface area contributed by atoms with Crippen molar-refractivity contribution in [3.63, 3.8) is 0 Å². The largest absolute Gasteiger partial charge is 0.481 e. The average molecular weight is 287 g/mol. The van der Waals surface area contributed by atoms with Gasteiger partial charge in [0, 0.05) is 19.6 Å². The number of amides is 1. The first-order valence-corrected chi connectivity index (χ1v) is 7.28. The summed E-state index contributed by atoms with van der Waals surface area (Å²) in [6, 6.07) is 0. The lowest BCUT2D eigenvalue weighted by Crippen LogP contribution is -2.39. The van der Waals surface area contributed by atoms with Crippen LogP contribution in [0.15, 0.2) is 0 Å². The number of aliphatic carboxylic acids is 1. The first kappa shape index (κ1) is 18.9. The van der Waals surface area contributed by atoms with Crippen molar-refractivity contribution >= 4 is 11.9 Å². The highest BCUT2D eigenvalue weighted by Crippen LogP contribution is 2.31. The van der Waals surface area contributed by atoms with Crippen LogP contribution < -0.4 is 5.32 Å². The molecule has 0 spiro atoms. The molecule has 0 fully saturated rings. The van der Waals surface area contributed by atoms with Gasteiger partial charge in [-0.2, -0.15) is 0 Å². The summed E-state index contributed by atoms with van der Waals surface area (Å²) in [5.74, 6) is -0.674. The van der Waals surface area contributed by atoms with Crippen LogP contribution in [0.25, 0.3) is 0 Å². The van der Waals surface area contributed by atoms with Gasteiger partial charge in [-0.15, -0.1) is 0 Å². The van der Waals surface area contributed by atoms with Gasteiger partial charge < -0.3 is 15.2 Å². The summed E-state index contributed by atoms with van der Waals surface area (Å²) in [5.41, 5.74) is -1.03. The van der Waals surface area contributed by atoms with Crippen molar-refractivity contribution in [2.24, 2.45) is 17.3 Å². The van der Waals surface area contributed by atoms with Crippen molar-refractivity contribution in [1.29, 1.82) is 0 Å². The standard InChI is InChI=1S/C15H29NO4/c1-11(2)6-8-20-9-7-16-13(17)10-15(5,12(3)4)14(18)19/h11-12H,6-10H2,1-5H3,(H,16,17)(H,18,19). The van der Waals surface area contributed by atoms with Gasteiger partial charge in [0.2, 0.25) is 5.91 Å². The molecule has 0 aliphatic rings. The van der Waals surface area contributed by atoms with Gasteiger partial charge in [0.05, 0.1) is 12.0 Å². The van der Waals surface area contributed by atoms with Crippen molar-refractivity contribution in [3.05, 3.63) is 0 Å². The summed E-state index contributed by atoms with van der Waals surface area (Å²) in [6.45, 7) is 11.1. The van der Waals surface area contributed by atoms with Crippen LogP contribution in [0.5, 0.6) is 0 Å². The molecule has 0 aromatic rings. The van der Waals surface area contributed by atoms with Crippen molar-refractivity contribution in [2.75, 3.05) is 19.8 Å². The smallest absolute Gasteiger partial charge is 0.310 e. The Morgan fingerprint density at radius 1 is 1.20 bits per heavy atom. The van der Waals surface area contributed by atoms with Crippen LogP contribution >= 0.6 is 0 Å². The van der Waals surface area contributed by atoms with Gasteiger partial charge in [-0.3, -0.25) is 9.59 Å². The molecule has 0 rings (SSSR count). The first-order valence-electron chi connectivity index (χ1n) is 7.28. The fourth-order valence-electron chi connectivity index (χ4n) is 1.61. The molecule has 5 nitrogen and oxygen atoms in total. The predicted molar refractivity (Wildman–Crippen MR) is 78.5 cm³/mol.